The number of guanidine groups is 1. The van der Waals surface area contributed by atoms with E-state index in [1.165, 1.54) is 12.8 Å². The van der Waals surface area contributed by atoms with Gasteiger partial charge >= 0.3 is 0 Å². The van der Waals surface area contributed by atoms with Crippen LogP contribution in [0.4, 0.5) is 0 Å². The van der Waals surface area contributed by atoms with Crippen LogP contribution < -0.4 is 15.4 Å². The molecule has 0 saturated heterocycles. The van der Waals surface area contributed by atoms with Gasteiger partial charge in [-0.3, -0.25) is 0 Å². The first-order chi connectivity index (χ1) is 11.8. The van der Waals surface area contributed by atoms with Crippen LogP contribution in [0.3, 0.4) is 0 Å². The predicted octanol–water partition coefficient (Wildman–Crippen LogP) is 2.35. The zero-order chi connectivity index (χ0) is 16.8. The van der Waals surface area contributed by atoms with Gasteiger partial charge < -0.3 is 15.4 Å². The maximum absolute atomic E-state index is 5.18. The zero-order valence-corrected chi connectivity index (χ0v) is 14.3. The Kier molecular flexibility index (Phi) is 5.36. The third-order valence-electron chi connectivity index (χ3n) is 3.98. The van der Waals surface area contributed by atoms with E-state index in [9.17, 15) is 0 Å². The third-order valence-corrected chi connectivity index (χ3v) is 3.98. The minimum absolute atomic E-state index is 0.559. The van der Waals surface area contributed by atoms with Crippen LogP contribution in [-0.4, -0.2) is 35.9 Å². The smallest absolute Gasteiger partial charge is 0.191 e. The van der Waals surface area contributed by atoms with Crippen molar-refractivity contribution in [3.63, 3.8) is 0 Å². The highest BCUT2D eigenvalue weighted by molar-refractivity contribution is 5.79. The van der Waals surface area contributed by atoms with Gasteiger partial charge in [-0.25, -0.2) is 9.67 Å². The number of hydrogen-bond acceptors (Lipinski definition) is 3. The van der Waals surface area contributed by atoms with Gasteiger partial charge in [0.1, 0.15) is 5.75 Å². The highest BCUT2D eigenvalue weighted by Crippen LogP contribution is 2.27. The van der Waals surface area contributed by atoms with Crippen LogP contribution in [0.2, 0.25) is 0 Å². The van der Waals surface area contributed by atoms with Gasteiger partial charge in [-0.1, -0.05) is 0 Å². The predicted molar refractivity (Wildman–Crippen MR) is 95.7 cm³/mol. The fourth-order valence-electron chi connectivity index (χ4n) is 2.39. The average molecular weight is 327 g/mol. The molecule has 0 amide bonds. The number of ether oxygens (including phenoxy) is 1. The topological polar surface area (TPSA) is 63.5 Å². The van der Waals surface area contributed by atoms with E-state index in [1.807, 2.05) is 41.2 Å². The Morgan fingerprint density at radius 2 is 2.04 bits per heavy atom. The van der Waals surface area contributed by atoms with Gasteiger partial charge in [0.2, 0.25) is 0 Å². The Morgan fingerprint density at radius 3 is 2.71 bits per heavy atom. The molecule has 1 aliphatic rings. The largest absolute Gasteiger partial charge is 0.497 e. The molecule has 1 aliphatic carbocycles. The SMILES string of the molecule is CCNC(=NCc1ccn(-c2ccc(OC)cc2)n1)NCC1CC1. The van der Waals surface area contributed by atoms with E-state index in [0.29, 0.717) is 6.54 Å². The second kappa shape index (κ2) is 7.86. The van der Waals surface area contributed by atoms with Crippen molar-refractivity contribution in [2.24, 2.45) is 10.9 Å². The van der Waals surface area contributed by atoms with E-state index in [4.69, 9.17) is 4.74 Å². The summed E-state index contributed by atoms with van der Waals surface area (Å²) in [5.41, 5.74) is 1.94. The molecule has 6 heteroatoms. The normalized spacial score (nSPS) is 14.5. The fourth-order valence-corrected chi connectivity index (χ4v) is 2.39. The number of hydrogen-bond donors (Lipinski definition) is 2. The molecule has 0 spiro atoms. The molecule has 3 rings (SSSR count). The van der Waals surface area contributed by atoms with Crippen LogP contribution in [0.5, 0.6) is 5.75 Å². The molecular weight excluding hydrogens is 302 g/mol. The molecule has 1 aromatic heterocycles. The van der Waals surface area contributed by atoms with E-state index < -0.39 is 0 Å². The first-order valence-corrected chi connectivity index (χ1v) is 8.49. The minimum Gasteiger partial charge on any atom is -0.497 e. The van der Waals surface area contributed by atoms with Gasteiger partial charge in [-0.05, 0) is 56.0 Å². The molecular formula is C18H25N5O. The summed E-state index contributed by atoms with van der Waals surface area (Å²) in [6.07, 6.45) is 4.62. The van der Waals surface area contributed by atoms with Gasteiger partial charge in [0.25, 0.3) is 0 Å². The molecule has 2 aromatic rings. The first-order valence-electron chi connectivity index (χ1n) is 8.49. The number of benzene rings is 1. The minimum atomic E-state index is 0.559. The molecule has 0 aliphatic heterocycles. The lowest BCUT2D eigenvalue weighted by molar-refractivity contribution is 0.414. The Morgan fingerprint density at radius 1 is 1.25 bits per heavy atom. The lowest BCUT2D eigenvalue weighted by atomic mass is 10.3. The van der Waals surface area contributed by atoms with E-state index in [2.05, 4.69) is 27.6 Å². The highest BCUT2D eigenvalue weighted by Gasteiger charge is 2.21. The maximum Gasteiger partial charge on any atom is 0.191 e. The van der Waals surface area contributed by atoms with Crippen LogP contribution in [0.15, 0.2) is 41.5 Å². The summed E-state index contributed by atoms with van der Waals surface area (Å²) < 4.78 is 7.04. The van der Waals surface area contributed by atoms with Crippen molar-refractivity contribution in [1.82, 2.24) is 20.4 Å². The number of nitrogens with one attached hydrogen (secondary N) is 2. The molecule has 0 unspecified atom stereocenters. The molecule has 2 N–H and O–H groups in total. The molecule has 1 aromatic carbocycles. The molecule has 24 heavy (non-hydrogen) atoms. The lowest BCUT2D eigenvalue weighted by Crippen LogP contribution is -2.38. The Bertz CT molecular complexity index is 673. The van der Waals surface area contributed by atoms with Crippen molar-refractivity contribution in [2.75, 3.05) is 20.2 Å². The van der Waals surface area contributed by atoms with Crippen molar-refractivity contribution in [1.29, 1.82) is 0 Å². The van der Waals surface area contributed by atoms with Gasteiger partial charge in [0.05, 0.1) is 25.0 Å². The number of methoxy groups -OCH3 is 1. The molecule has 0 atom stereocenters. The average Bonchev–Trinajstić information content (AvgIpc) is 3.33. The number of aliphatic imine (C=N–C) groups is 1. The summed E-state index contributed by atoms with van der Waals surface area (Å²) in [6.45, 7) is 4.50. The molecule has 128 valence electrons. The molecule has 0 radical (unpaired) electrons. The van der Waals surface area contributed by atoms with Crippen LogP contribution >= 0.6 is 0 Å². The van der Waals surface area contributed by atoms with Crippen molar-refractivity contribution >= 4 is 5.96 Å². The summed E-state index contributed by atoms with van der Waals surface area (Å²) in [7, 11) is 1.66. The number of rotatable bonds is 7. The van der Waals surface area contributed by atoms with Gasteiger partial charge in [0.15, 0.2) is 5.96 Å². The van der Waals surface area contributed by atoms with Crippen LogP contribution in [0.25, 0.3) is 5.69 Å². The standard InChI is InChI=1S/C18H25N5O/c1-3-19-18(20-12-14-4-5-14)21-13-15-10-11-23(22-15)16-6-8-17(24-2)9-7-16/h6-11,14H,3-5,12-13H2,1-2H3,(H2,19,20,21). The third kappa shape index (κ3) is 4.50. The molecule has 1 saturated carbocycles. The summed E-state index contributed by atoms with van der Waals surface area (Å²) >= 11 is 0. The van der Waals surface area contributed by atoms with Crippen molar-refractivity contribution in [2.45, 2.75) is 26.3 Å². The zero-order valence-electron chi connectivity index (χ0n) is 14.3. The van der Waals surface area contributed by atoms with Crippen LogP contribution in [0, 0.1) is 5.92 Å². The monoisotopic (exact) mass is 327 g/mol. The van der Waals surface area contributed by atoms with E-state index in [0.717, 1.165) is 42.1 Å². The Hall–Kier alpha value is -2.50. The summed E-state index contributed by atoms with van der Waals surface area (Å²) in [5.74, 6) is 2.53. The molecule has 1 heterocycles. The fraction of sp³-hybridized carbons (Fsp3) is 0.444. The van der Waals surface area contributed by atoms with E-state index in [1.54, 1.807) is 7.11 Å². The number of nitrogens with zero attached hydrogens (tertiary/aromatic N) is 3. The maximum atomic E-state index is 5.18. The van der Waals surface area contributed by atoms with E-state index >= 15 is 0 Å². The number of aromatic nitrogens is 2. The van der Waals surface area contributed by atoms with Gasteiger partial charge in [-0.2, -0.15) is 5.10 Å². The van der Waals surface area contributed by atoms with Crippen molar-refractivity contribution in [3.05, 3.63) is 42.2 Å². The highest BCUT2D eigenvalue weighted by atomic mass is 16.5. The van der Waals surface area contributed by atoms with Gasteiger partial charge in [0, 0.05) is 19.3 Å². The molecule has 6 nitrogen and oxygen atoms in total. The summed E-state index contributed by atoms with van der Waals surface area (Å²) in [6, 6.07) is 9.83. The first kappa shape index (κ1) is 16.4. The second-order valence-corrected chi connectivity index (χ2v) is 5.97. The van der Waals surface area contributed by atoms with E-state index in [-0.39, 0.29) is 0 Å². The van der Waals surface area contributed by atoms with Gasteiger partial charge in [-0.15, -0.1) is 0 Å². The lowest BCUT2D eigenvalue weighted by Gasteiger charge is -2.10. The quantitative estimate of drug-likeness (QED) is 0.605. The van der Waals surface area contributed by atoms with Crippen molar-refractivity contribution < 1.29 is 4.74 Å². The second-order valence-electron chi connectivity index (χ2n) is 5.97. The van der Waals surface area contributed by atoms with Crippen molar-refractivity contribution in [3.8, 4) is 11.4 Å². The Balaban J connectivity index is 1.61. The summed E-state index contributed by atoms with van der Waals surface area (Å²) in [4.78, 5) is 4.62. The van der Waals surface area contributed by atoms with Crippen LogP contribution in [-0.2, 0) is 6.54 Å². The van der Waals surface area contributed by atoms with Crippen LogP contribution in [0.1, 0.15) is 25.5 Å². The molecule has 1 fully saturated rings. The molecule has 0 bridgehead atoms. The summed E-state index contributed by atoms with van der Waals surface area (Å²) in [5, 5.41) is 11.3. The Labute approximate surface area is 142 Å².